The molecule has 0 aliphatic heterocycles. The number of hydrogen-bond donors (Lipinski definition) is 0. The van der Waals surface area contributed by atoms with Crippen LogP contribution in [0.2, 0.25) is 0 Å². The van der Waals surface area contributed by atoms with Gasteiger partial charge in [0.2, 0.25) is 5.91 Å². The van der Waals surface area contributed by atoms with Crippen LogP contribution in [0.15, 0.2) is 53.3 Å². The minimum absolute atomic E-state index is 0.0679. The average Bonchev–Trinajstić information content (AvgIpc) is 2.90. The summed E-state index contributed by atoms with van der Waals surface area (Å²) >= 11 is 0. The third kappa shape index (κ3) is 3.27. The number of fused-ring (bicyclic) bond motifs is 1. The molecule has 26 heavy (non-hydrogen) atoms. The molecule has 3 rings (SSSR count). The molecular formula is C20H22FN3O2. The lowest BCUT2D eigenvalue weighted by atomic mass is 10.1. The largest absolute Gasteiger partial charge is 0.339 e. The van der Waals surface area contributed by atoms with Crippen LogP contribution in [0, 0.1) is 5.82 Å². The minimum atomic E-state index is -0.301. The number of carbonyl (C=O) groups is 1. The Hall–Kier alpha value is -2.89. The van der Waals surface area contributed by atoms with Crippen molar-refractivity contribution in [2.45, 2.75) is 25.9 Å². The van der Waals surface area contributed by atoms with Crippen molar-refractivity contribution in [3.63, 3.8) is 0 Å². The smallest absolute Gasteiger partial charge is 0.328 e. The van der Waals surface area contributed by atoms with Crippen LogP contribution >= 0.6 is 0 Å². The fourth-order valence-corrected chi connectivity index (χ4v) is 3.14. The number of para-hydroxylation sites is 2. The number of benzene rings is 2. The molecule has 5 nitrogen and oxygen atoms in total. The SMILES string of the molecule is CC(c1ccc(F)cc1)N(C)C(=O)CCn1c(=O)n(C)c2ccccc21. The van der Waals surface area contributed by atoms with Gasteiger partial charge in [0.15, 0.2) is 0 Å². The summed E-state index contributed by atoms with van der Waals surface area (Å²) in [6.45, 7) is 2.22. The number of rotatable bonds is 5. The van der Waals surface area contributed by atoms with Crippen LogP contribution in [0.4, 0.5) is 4.39 Å². The van der Waals surface area contributed by atoms with Crippen LogP contribution in [0.25, 0.3) is 11.0 Å². The van der Waals surface area contributed by atoms with Crippen molar-refractivity contribution in [1.29, 1.82) is 0 Å². The molecule has 1 heterocycles. The van der Waals surface area contributed by atoms with Gasteiger partial charge in [-0.25, -0.2) is 9.18 Å². The predicted octanol–water partition coefficient (Wildman–Crippen LogP) is 3.09. The van der Waals surface area contributed by atoms with Crippen molar-refractivity contribution in [3.05, 3.63) is 70.4 Å². The molecule has 6 heteroatoms. The zero-order valence-corrected chi connectivity index (χ0v) is 15.1. The highest BCUT2D eigenvalue weighted by Gasteiger charge is 2.18. The molecule has 0 bridgehead atoms. The van der Waals surface area contributed by atoms with Crippen molar-refractivity contribution < 1.29 is 9.18 Å². The van der Waals surface area contributed by atoms with E-state index in [-0.39, 0.29) is 29.9 Å². The molecule has 0 spiro atoms. The zero-order chi connectivity index (χ0) is 18.8. The standard InChI is InChI=1S/C20H22FN3O2/c1-14(15-8-10-16(21)11-9-15)22(2)19(25)12-13-24-18-7-5-4-6-17(18)23(3)20(24)26/h4-11,14H,12-13H2,1-3H3. The summed E-state index contributed by atoms with van der Waals surface area (Å²) in [5, 5.41) is 0. The van der Waals surface area contributed by atoms with Gasteiger partial charge in [0.05, 0.1) is 17.1 Å². The normalized spacial score (nSPS) is 12.3. The van der Waals surface area contributed by atoms with E-state index in [9.17, 15) is 14.0 Å². The Labute approximate surface area is 151 Å². The first-order chi connectivity index (χ1) is 12.4. The lowest BCUT2D eigenvalue weighted by Gasteiger charge is -2.25. The summed E-state index contributed by atoms with van der Waals surface area (Å²) in [6.07, 6.45) is 0.218. The van der Waals surface area contributed by atoms with Crippen LogP contribution in [-0.2, 0) is 18.4 Å². The first kappa shape index (κ1) is 17.9. The molecule has 0 saturated heterocycles. The Morgan fingerprint density at radius 2 is 1.73 bits per heavy atom. The van der Waals surface area contributed by atoms with Crippen molar-refractivity contribution in [1.82, 2.24) is 14.0 Å². The molecule has 0 fully saturated rings. The molecule has 1 atom stereocenters. The topological polar surface area (TPSA) is 47.2 Å². The summed E-state index contributed by atoms with van der Waals surface area (Å²) in [6, 6.07) is 13.5. The second kappa shape index (κ2) is 7.15. The molecule has 0 N–H and O–H groups in total. The summed E-state index contributed by atoms with van der Waals surface area (Å²) < 4.78 is 16.3. The number of hydrogen-bond acceptors (Lipinski definition) is 2. The summed E-state index contributed by atoms with van der Waals surface area (Å²) in [5.41, 5.74) is 2.40. The van der Waals surface area contributed by atoms with Gasteiger partial charge in [-0.1, -0.05) is 24.3 Å². The molecule has 1 amide bonds. The number of aromatic nitrogens is 2. The Balaban J connectivity index is 1.74. The third-order valence-electron chi connectivity index (χ3n) is 4.93. The van der Waals surface area contributed by atoms with Gasteiger partial charge in [0.1, 0.15) is 5.82 Å². The number of carbonyl (C=O) groups excluding carboxylic acids is 1. The molecule has 1 unspecified atom stereocenters. The highest BCUT2D eigenvalue weighted by molar-refractivity contribution is 5.78. The van der Waals surface area contributed by atoms with E-state index in [2.05, 4.69) is 0 Å². The molecule has 0 radical (unpaired) electrons. The molecule has 3 aromatic rings. The molecule has 1 aromatic heterocycles. The molecule has 2 aromatic carbocycles. The number of nitrogens with zero attached hydrogens (tertiary/aromatic N) is 3. The van der Waals surface area contributed by atoms with Crippen LogP contribution < -0.4 is 5.69 Å². The quantitative estimate of drug-likeness (QED) is 0.706. The average molecular weight is 355 g/mol. The van der Waals surface area contributed by atoms with Gasteiger partial charge in [-0.05, 0) is 36.8 Å². The van der Waals surface area contributed by atoms with Gasteiger partial charge in [-0.2, -0.15) is 0 Å². The van der Waals surface area contributed by atoms with E-state index in [1.807, 2.05) is 31.2 Å². The lowest BCUT2D eigenvalue weighted by molar-refractivity contribution is -0.132. The second-order valence-corrected chi connectivity index (χ2v) is 6.46. The van der Waals surface area contributed by atoms with Gasteiger partial charge in [-0.15, -0.1) is 0 Å². The maximum Gasteiger partial charge on any atom is 0.328 e. The van der Waals surface area contributed by atoms with E-state index in [0.29, 0.717) is 6.54 Å². The summed E-state index contributed by atoms with van der Waals surface area (Å²) in [7, 11) is 3.45. The Morgan fingerprint density at radius 3 is 2.38 bits per heavy atom. The van der Waals surface area contributed by atoms with E-state index in [4.69, 9.17) is 0 Å². The molecular weight excluding hydrogens is 333 g/mol. The fraction of sp³-hybridized carbons (Fsp3) is 0.300. The first-order valence-electron chi connectivity index (χ1n) is 8.55. The van der Waals surface area contributed by atoms with E-state index < -0.39 is 0 Å². The van der Waals surface area contributed by atoms with Crippen LogP contribution in [-0.4, -0.2) is 27.0 Å². The maximum atomic E-state index is 13.1. The summed E-state index contributed by atoms with van der Waals surface area (Å²) in [5.74, 6) is -0.369. The minimum Gasteiger partial charge on any atom is -0.339 e. The number of aryl methyl sites for hydroxylation is 2. The number of amides is 1. The molecule has 0 aliphatic rings. The van der Waals surface area contributed by atoms with Crippen molar-refractivity contribution in [3.8, 4) is 0 Å². The van der Waals surface area contributed by atoms with E-state index in [0.717, 1.165) is 16.6 Å². The van der Waals surface area contributed by atoms with Gasteiger partial charge in [-0.3, -0.25) is 13.9 Å². The first-order valence-corrected chi connectivity index (χ1v) is 8.55. The molecule has 0 saturated carbocycles. The second-order valence-electron chi connectivity index (χ2n) is 6.46. The zero-order valence-electron chi connectivity index (χ0n) is 15.1. The Kier molecular flexibility index (Phi) is 4.93. The Morgan fingerprint density at radius 1 is 1.12 bits per heavy atom. The van der Waals surface area contributed by atoms with Crippen LogP contribution in [0.3, 0.4) is 0 Å². The van der Waals surface area contributed by atoms with E-state index >= 15 is 0 Å². The Bertz CT molecular complexity index is 988. The highest BCUT2D eigenvalue weighted by Crippen LogP contribution is 2.20. The van der Waals surface area contributed by atoms with Gasteiger partial charge in [0, 0.05) is 27.1 Å². The molecule has 0 aliphatic carbocycles. The van der Waals surface area contributed by atoms with Gasteiger partial charge >= 0.3 is 5.69 Å². The highest BCUT2D eigenvalue weighted by atomic mass is 19.1. The third-order valence-corrected chi connectivity index (χ3v) is 4.93. The maximum absolute atomic E-state index is 13.1. The van der Waals surface area contributed by atoms with Gasteiger partial charge in [0.25, 0.3) is 0 Å². The fourth-order valence-electron chi connectivity index (χ4n) is 3.14. The monoisotopic (exact) mass is 355 g/mol. The van der Waals surface area contributed by atoms with E-state index in [1.54, 1.807) is 40.3 Å². The number of halogens is 1. The number of imidazole rings is 1. The van der Waals surface area contributed by atoms with Crippen LogP contribution in [0.1, 0.15) is 24.9 Å². The summed E-state index contributed by atoms with van der Waals surface area (Å²) in [4.78, 5) is 26.6. The van der Waals surface area contributed by atoms with Crippen molar-refractivity contribution in [2.24, 2.45) is 7.05 Å². The predicted molar refractivity (Wildman–Crippen MR) is 99.4 cm³/mol. The van der Waals surface area contributed by atoms with Crippen LogP contribution in [0.5, 0.6) is 0 Å². The molecule has 136 valence electrons. The lowest BCUT2D eigenvalue weighted by Crippen LogP contribution is -2.31. The van der Waals surface area contributed by atoms with E-state index in [1.165, 1.54) is 12.1 Å². The van der Waals surface area contributed by atoms with Crippen molar-refractivity contribution >= 4 is 16.9 Å². The van der Waals surface area contributed by atoms with Crippen molar-refractivity contribution in [2.75, 3.05) is 7.05 Å². The van der Waals surface area contributed by atoms with Gasteiger partial charge < -0.3 is 4.90 Å².